The summed E-state index contributed by atoms with van der Waals surface area (Å²) in [6.45, 7) is 4.58. The summed E-state index contributed by atoms with van der Waals surface area (Å²) in [5.41, 5.74) is 0.953. The van der Waals surface area contributed by atoms with Crippen LogP contribution in [0, 0.1) is 4.64 Å². The van der Waals surface area contributed by atoms with Crippen LogP contribution >= 0.6 is 24.4 Å². The highest BCUT2D eigenvalue weighted by Gasteiger charge is 2.44. The van der Waals surface area contributed by atoms with E-state index in [2.05, 4.69) is 25.6 Å². The zero-order valence-electron chi connectivity index (χ0n) is 18.6. The molecule has 5 N–H and O–H groups in total. The van der Waals surface area contributed by atoms with Gasteiger partial charge in [-0.3, -0.25) is 9.36 Å². The van der Waals surface area contributed by atoms with Gasteiger partial charge < -0.3 is 35.3 Å². The van der Waals surface area contributed by atoms with Gasteiger partial charge in [0, 0.05) is 20.0 Å². The molecule has 0 spiro atoms. The van der Waals surface area contributed by atoms with Crippen LogP contribution in [0.1, 0.15) is 45.8 Å². The average Bonchev–Trinajstić information content (AvgIpc) is 3.30. The standard InChI is InChI=1S/C20H30N6O5S2/c1-11(32)21-7-5-3-4-6-8-22-20-24-17-14(18(33)25-20)23-10-26(17)19-16(29)15(28)13(31-19)9-30-12(2)27/h10,13,15-16,19,28-29H,3-9H2,1-2H3,(H,21,32)(H2,22,24,25,33)/t13-,15?,16?,19-/m1/s1. The molecule has 2 aromatic heterocycles. The highest BCUT2D eigenvalue weighted by molar-refractivity contribution is 7.80. The van der Waals surface area contributed by atoms with Gasteiger partial charge in [-0.1, -0.05) is 37.3 Å². The number of esters is 1. The Morgan fingerprint density at radius 2 is 1.97 bits per heavy atom. The molecule has 182 valence electrons. The first kappa shape index (κ1) is 25.4. The Balaban J connectivity index is 1.61. The molecule has 1 fully saturated rings. The van der Waals surface area contributed by atoms with Crippen molar-refractivity contribution in [1.82, 2.24) is 24.8 Å². The quantitative estimate of drug-likeness (QED) is 0.175. The Morgan fingerprint density at radius 3 is 2.67 bits per heavy atom. The van der Waals surface area contributed by atoms with Gasteiger partial charge in [-0.05, 0) is 19.8 Å². The Morgan fingerprint density at radius 1 is 1.24 bits per heavy atom. The Kier molecular flexibility index (Phi) is 9.09. The molecule has 0 amide bonds. The first-order chi connectivity index (χ1) is 15.8. The Bertz CT molecular complexity index is 1030. The Labute approximate surface area is 201 Å². The number of aromatic amines is 1. The third-order valence-corrected chi connectivity index (χ3v) is 5.71. The molecule has 3 rings (SSSR count). The zero-order valence-corrected chi connectivity index (χ0v) is 20.2. The molecule has 0 saturated carbocycles. The molecular weight excluding hydrogens is 468 g/mol. The molecule has 1 aliphatic heterocycles. The number of rotatable bonds is 11. The van der Waals surface area contributed by atoms with Gasteiger partial charge in [-0.25, -0.2) is 9.97 Å². The van der Waals surface area contributed by atoms with Crippen LogP contribution in [-0.2, 0) is 14.3 Å². The lowest BCUT2D eigenvalue weighted by Crippen LogP contribution is -2.34. The van der Waals surface area contributed by atoms with E-state index in [9.17, 15) is 15.0 Å². The number of aliphatic hydroxyl groups excluding tert-OH is 2. The second kappa shape index (κ2) is 11.8. The zero-order chi connectivity index (χ0) is 24.0. The summed E-state index contributed by atoms with van der Waals surface area (Å²) in [6.07, 6.45) is 1.39. The normalized spacial score (nSPS) is 22.4. The largest absolute Gasteiger partial charge is 0.463 e. The van der Waals surface area contributed by atoms with E-state index >= 15 is 0 Å². The first-order valence-electron chi connectivity index (χ1n) is 10.9. The number of aliphatic hydroxyl groups is 2. The van der Waals surface area contributed by atoms with Gasteiger partial charge in [0.2, 0.25) is 5.95 Å². The molecule has 4 atom stereocenters. The minimum atomic E-state index is -1.24. The molecule has 13 heteroatoms. The molecule has 0 aromatic carbocycles. The molecule has 33 heavy (non-hydrogen) atoms. The molecule has 1 saturated heterocycles. The third-order valence-electron chi connectivity index (χ3n) is 5.28. The molecule has 0 aliphatic carbocycles. The number of fused-ring (bicyclic) bond motifs is 1. The van der Waals surface area contributed by atoms with Gasteiger partial charge >= 0.3 is 5.97 Å². The molecule has 3 heterocycles. The summed E-state index contributed by atoms with van der Waals surface area (Å²) in [5.74, 6) is -0.0128. The molecule has 11 nitrogen and oxygen atoms in total. The van der Waals surface area contributed by atoms with Crippen molar-refractivity contribution < 1.29 is 24.5 Å². The highest BCUT2D eigenvalue weighted by Crippen LogP contribution is 2.32. The number of H-pyrrole nitrogens is 1. The number of carbonyl (C=O) groups excluding carboxylic acids is 1. The van der Waals surface area contributed by atoms with Crippen molar-refractivity contribution in [2.24, 2.45) is 0 Å². The van der Waals surface area contributed by atoms with Gasteiger partial charge in [0.25, 0.3) is 0 Å². The minimum absolute atomic E-state index is 0.164. The second-order valence-corrected chi connectivity index (χ2v) is 8.91. The SMILES string of the molecule is CC(=O)OC[C@H]1O[C@@H](n2cnc3c(=S)nc(NCCCCCCNC(C)=S)[nH]c32)C(O)C1O. The Hall–Kier alpha value is -2.19. The minimum Gasteiger partial charge on any atom is -0.463 e. The lowest BCUT2D eigenvalue weighted by Gasteiger charge is -2.17. The maximum atomic E-state index is 11.1. The number of hydrogen-bond donors (Lipinski definition) is 5. The predicted molar refractivity (Wildman–Crippen MR) is 129 cm³/mol. The number of nitrogens with zero attached hydrogens (tertiary/aromatic N) is 3. The number of imidazole rings is 1. The average molecular weight is 499 g/mol. The molecule has 2 aromatic rings. The van der Waals surface area contributed by atoms with Gasteiger partial charge in [0.05, 0.1) is 11.3 Å². The van der Waals surface area contributed by atoms with E-state index in [4.69, 9.17) is 33.9 Å². The lowest BCUT2D eigenvalue weighted by molar-refractivity contribution is -0.147. The van der Waals surface area contributed by atoms with Crippen LogP contribution in [0.15, 0.2) is 6.33 Å². The van der Waals surface area contributed by atoms with Crippen LogP contribution in [0.5, 0.6) is 0 Å². The smallest absolute Gasteiger partial charge is 0.302 e. The topological polar surface area (TPSA) is 147 Å². The molecule has 1 aliphatic rings. The maximum Gasteiger partial charge on any atom is 0.302 e. The third kappa shape index (κ3) is 6.67. The van der Waals surface area contributed by atoms with Crippen LogP contribution in [0.3, 0.4) is 0 Å². The molecule has 2 unspecified atom stereocenters. The molecular formula is C20H30N6O5S2. The van der Waals surface area contributed by atoms with E-state index in [0.717, 1.165) is 37.2 Å². The van der Waals surface area contributed by atoms with Crippen LogP contribution in [0.25, 0.3) is 11.2 Å². The summed E-state index contributed by atoms with van der Waals surface area (Å²) in [7, 11) is 0. The predicted octanol–water partition coefficient (Wildman–Crippen LogP) is 1.58. The van der Waals surface area contributed by atoms with Crippen molar-refractivity contribution in [3.63, 3.8) is 0 Å². The van der Waals surface area contributed by atoms with Crippen LogP contribution in [0.2, 0.25) is 0 Å². The fraction of sp³-hybridized carbons (Fsp3) is 0.650. The van der Waals surface area contributed by atoms with E-state index in [1.807, 2.05) is 6.92 Å². The summed E-state index contributed by atoms with van der Waals surface area (Å²) in [5, 5.41) is 27.2. The summed E-state index contributed by atoms with van der Waals surface area (Å²) < 4.78 is 12.5. The second-order valence-electron chi connectivity index (χ2n) is 7.91. The number of carbonyl (C=O) groups is 1. The summed E-state index contributed by atoms with van der Waals surface area (Å²) in [4.78, 5) is 23.7. The number of anilines is 1. The van der Waals surface area contributed by atoms with Crippen molar-refractivity contribution >= 4 is 52.5 Å². The van der Waals surface area contributed by atoms with E-state index < -0.39 is 30.5 Å². The fourth-order valence-corrected chi connectivity index (χ4v) is 3.93. The van der Waals surface area contributed by atoms with Crippen molar-refractivity contribution in [2.45, 2.75) is 64.1 Å². The number of nitrogens with one attached hydrogen (secondary N) is 3. The van der Waals surface area contributed by atoms with Gasteiger partial charge in [0.15, 0.2) is 10.9 Å². The first-order valence-corrected chi connectivity index (χ1v) is 11.7. The van der Waals surface area contributed by atoms with Gasteiger partial charge in [-0.15, -0.1) is 0 Å². The summed E-state index contributed by atoms with van der Waals surface area (Å²) in [6, 6.07) is 0. The van der Waals surface area contributed by atoms with Crippen molar-refractivity contribution in [3.8, 4) is 0 Å². The maximum absolute atomic E-state index is 11.1. The van der Waals surface area contributed by atoms with E-state index in [0.29, 0.717) is 28.3 Å². The lowest BCUT2D eigenvalue weighted by atomic mass is 10.1. The van der Waals surface area contributed by atoms with E-state index in [-0.39, 0.29) is 6.61 Å². The number of aromatic nitrogens is 4. The van der Waals surface area contributed by atoms with E-state index in [1.165, 1.54) is 13.3 Å². The van der Waals surface area contributed by atoms with Crippen molar-refractivity contribution in [1.29, 1.82) is 0 Å². The number of thiocarbonyl (C=S) groups is 1. The monoisotopic (exact) mass is 498 g/mol. The van der Waals surface area contributed by atoms with Gasteiger partial charge in [-0.2, -0.15) is 0 Å². The van der Waals surface area contributed by atoms with E-state index in [1.54, 1.807) is 4.57 Å². The van der Waals surface area contributed by atoms with Crippen LogP contribution < -0.4 is 10.6 Å². The fourth-order valence-electron chi connectivity index (χ4n) is 3.58. The highest BCUT2D eigenvalue weighted by atomic mass is 32.1. The molecule has 0 bridgehead atoms. The number of unbranched alkanes of at least 4 members (excludes halogenated alkanes) is 3. The number of hydrogen-bond acceptors (Lipinski definition) is 10. The van der Waals surface area contributed by atoms with Crippen LogP contribution in [-0.4, -0.2) is 78.7 Å². The number of ether oxygens (including phenoxy) is 2. The van der Waals surface area contributed by atoms with Crippen molar-refractivity contribution in [3.05, 3.63) is 11.0 Å². The van der Waals surface area contributed by atoms with Gasteiger partial charge in [0.1, 0.15) is 36.1 Å². The van der Waals surface area contributed by atoms with Crippen LogP contribution in [0.4, 0.5) is 5.95 Å². The van der Waals surface area contributed by atoms with Crippen molar-refractivity contribution in [2.75, 3.05) is 25.0 Å². The molecule has 0 radical (unpaired) electrons. The summed E-state index contributed by atoms with van der Waals surface area (Å²) >= 11 is 10.4.